The minimum absolute atomic E-state index is 0.00106. The van der Waals surface area contributed by atoms with Gasteiger partial charge in [0.2, 0.25) is 5.79 Å². The first kappa shape index (κ1) is 26.1. The Balaban J connectivity index is 1.95. The summed E-state index contributed by atoms with van der Waals surface area (Å²) in [6.45, 7) is 0.494. The number of primary amides is 1. The van der Waals surface area contributed by atoms with Crippen molar-refractivity contribution in [1.82, 2.24) is 9.80 Å². The highest BCUT2D eigenvalue weighted by Gasteiger charge is 2.60. The number of phenols is 1. The summed E-state index contributed by atoms with van der Waals surface area (Å²) in [6, 6.07) is 0.921. The lowest BCUT2D eigenvalue weighted by molar-refractivity contribution is -0.200. The number of nitrogens with zero attached hydrogens (tertiary/aromatic N) is 2. The Kier molecular flexibility index (Phi) is 6.42. The summed E-state index contributed by atoms with van der Waals surface area (Å²) in [4.78, 5) is 29.5. The van der Waals surface area contributed by atoms with Gasteiger partial charge in [-0.05, 0) is 70.1 Å². The molecule has 3 unspecified atom stereocenters. The number of phenolic OH excluding ortho intramolecular Hbond substituents is 1. The van der Waals surface area contributed by atoms with Crippen molar-refractivity contribution in [3.05, 3.63) is 51.0 Å². The maximum atomic E-state index is 13.8. The molecule has 0 spiro atoms. The zero-order valence-electron chi connectivity index (χ0n) is 20.8. The SMILES string of the molecule is CN(C)Cc1cc(CN)c(O)c2c1CC1CC3C(C(O)=C1C2=O)C(O)(O)C(C(N)=O)=C(O)[C@H]3N(C)C. The standard InChI is InChI=1S/C25H34N4O7/c1-28(2)9-12-5-11(8-26)20(30)16-13(12)6-10-7-14-17(22(32)15(10)21(16)31)25(35,36)18(24(27)34)23(33)19(14)29(3)4/h5,10,14,17,19,30,32-33,35-36H,6-9,26H2,1-4H3,(H2,27,34)/t10?,14?,17?,19-/m0/s1. The van der Waals surface area contributed by atoms with E-state index in [-0.39, 0.29) is 29.9 Å². The third-order valence-electron chi connectivity index (χ3n) is 7.72. The number of aromatic hydroxyl groups is 1. The largest absolute Gasteiger partial charge is 0.511 e. The third kappa shape index (κ3) is 3.70. The summed E-state index contributed by atoms with van der Waals surface area (Å²) in [5.41, 5.74) is 12.3. The van der Waals surface area contributed by atoms with Gasteiger partial charge >= 0.3 is 0 Å². The van der Waals surface area contributed by atoms with Crippen LogP contribution in [0.5, 0.6) is 5.75 Å². The number of carbonyl (C=O) groups excluding carboxylic acids is 2. The van der Waals surface area contributed by atoms with Gasteiger partial charge in [0, 0.05) is 24.2 Å². The number of benzene rings is 1. The molecule has 0 radical (unpaired) electrons. The monoisotopic (exact) mass is 502 g/mol. The van der Waals surface area contributed by atoms with Crippen molar-refractivity contribution >= 4 is 11.7 Å². The Hall–Kier alpha value is -2.96. The normalized spacial score (nSPS) is 27.3. The molecule has 0 heterocycles. The fraction of sp³-hybridized carbons (Fsp3) is 0.520. The quantitative estimate of drug-likeness (QED) is 0.261. The van der Waals surface area contributed by atoms with Gasteiger partial charge in [-0.2, -0.15) is 0 Å². The van der Waals surface area contributed by atoms with Gasteiger partial charge in [0.15, 0.2) is 5.78 Å². The molecular weight excluding hydrogens is 468 g/mol. The van der Waals surface area contributed by atoms with Crippen LogP contribution in [0.2, 0.25) is 0 Å². The van der Waals surface area contributed by atoms with Crippen molar-refractivity contribution < 1.29 is 35.1 Å². The number of carbonyl (C=O) groups is 2. The zero-order chi connectivity index (χ0) is 26.9. The van der Waals surface area contributed by atoms with Crippen LogP contribution in [0.25, 0.3) is 0 Å². The molecule has 0 saturated heterocycles. The number of ketones is 1. The maximum absolute atomic E-state index is 13.8. The van der Waals surface area contributed by atoms with E-state index < -0.39 is 58.4 Å². The summed E-state index contributed by atoms with van der Waals surface area (Å²) >= 11 is 0. The van der Waals surface area contributed by atoms with Gasteiger partial charge in [0.05, 0.1) is 17.5 Å². The van der Waals surface area contributed by atoms with Crippen molar-refractivity contribution in [1.29, 1.82) is 0 Å². The van der Waals surface area contributed by atoms with Crippen LogP contribution in [0.1, 0.15) is 33.5 Å². The number of Topliss-reactive ketones (excluding diaryl/α,β-unsaturated/α-hetero) is 1. The second kappa shape index (κ2) is 8.86. The average molecular weight is 503 g/mol. The number of aliphatic hydroxyl groups is 4. The van der Waals surface area contributed by atoms with Gasteiger partial charge in [-0.25, -0.2) is 0 Å². The first-order valence-electron chi connectivity index (χ1n) is 11.8. The Morgan fingerprint density at radius 3 is 2.28 bits per heavy atom. The molecule has 0 fully saturated rings. The van der Waals surface area contributed by atoms with Crippen LogP contribution >= 0.6 is 0 Å². The van der Waals surface area contributed by atoms with Crippen LogP contribution < -0.4 is 11.5 Å². The van der Waals surface area contributed by atoms with Gasteiger partial charge in [-0.3, -0.25) is 14.5 Å². The second-order valence-electron chi connectivity index (χ2n) is 10.5. The van der Waals surface area contributed by atoms with Crippen LogP contribution in [0.15, 0.2) is 28.7 Å². The number of fused-ring (bicyclic) bond motifs is 3. The molecule has 9 N–H and O–H groups in total. The minimum Gasteiger partial charge on any atom is -0.511 e. The third-order valence-corrected chi connectivity index (χ3v) is 7.72. The molecule has 1 amide bonds. The number of hydrogen-bond donors (Lipinski definition) is 7. The molecule has 3 aliphatic carbocycles. The highest BCUT2D eigenvalue weighted by molar-refractivity contribution is 6.13. The molecule has 0 bridgehead atoms. The molecule has 11 heteroatoms. The molecule has 36 heavy (non-hydrogen) atoms. The van der Waals surface area contributed by atoms with E-state index in [1.54, 1.807) is 25.1 Å². The van der Waals surface area contributed by atoms with Crippen LogP contribution in [0.4, 0.5) is 0 Å². The van der Waals surface area contributed by atoms with Gasteiger partial charge < -0.3 is 41.9 Å². The van der Waals surface area contributed by atoms with E-state index >= 15 is 0 Å². The Morgan fingerprint density at radius 1 is 1.11 bits per heavy atom. The van der Waals surface area contributed by atoms with Crippen molar-refractivity contribution in [2.24, 2.45) is 29.2 Å². The van der Waals surface area contributed by atoms with Crippen molar-refractivity contribution in [2.45, 2.75) is 37.8 Å². The van der Waals surface area contributed by atoms with Gasteiger partial charge in [0.1, 0.15) is 22.8 Å². The number of nitrogens with two attached hydrogens (primary N) is 2. The van der Waals surface area contributed by atoms with E-state index in [0.29, 0.717) is 24.1 Å². The molecule has 1 aromatic rings. The number of rotatable bonds is 5. The number of hydrogen-bond acceptors (Lipinski definition) is 10. The fourth-order valence-corrected chi connectivity index (χ4v) is 6.41. The van der Waals surface area contributed by atoms with E-state index in [2.05, 4.69) is 0 Å². The van der Waals surface area contributed by atoms with E-state index in [0.717, 1.165) is 5.56 Å². The van der Waals surface area contributed by atoms with Crippen LogP contribution in [-0.2, 0) is 24.3 Å². The van der Waals surface area contributed by atoms with Gasteiger partial charge in [-0.1, -0.05) is 0 Å². The first-order valence-corrected chi connectivity index (χ1v) is 11.8. The van der Waals surface area contributed by atoms with E-state index in [1.165, 1.54) is 0 Å². The highest BCUT2D eigenvalue weighted by Crippen LogP contribution is 2.54. The molecule has 0 aliphatic heterocycles. The Bertz CT molecular complexity index is 1200. The number of likely N-dealkylation sites (N-methyl/N-ethyl adjacent to an activating group) is 1. The topological polar surface area (TPSA) is 194 Å². The van der Waals surface area contributed by atoms with E-state index in [1.807, 2.05) is 19.0 Å². The lowest BCUT2D eigenvalue weighted by Crippen LogP contribution is -2.60. The van der Waals surface area contributed by atoms with Crippen LogP contribution in [0, 0.1) is 17.8 Å². The minimum atomic E-state index is -3.01. The van der Waals surface area contributed by atoms with E-state index in [9.17, 15) is 35.1 Å². The smallest absolute Gasteiger partial charge is 0.253 e. The maximum Gasteiger partial charge on any atom is 0.253 e. The molecule has 11 nitrogen and oxygen atoms in total. The Labute approximate surface area is 208 Å². The molecule has 3 aliphatic rings. The number of allylic oxidation sites excluding steroid dienone is 1. The average Bonchev–Trinajstić information content (AvgIpc) is 2.73. The second-order valence-corrected chi connectivity index (χ2v) is 10.5. The van der Waals surface area contributed by atoms with Crippen molar-refractivity contribution in [3.63, 3.8) is 0 Å². The molecule has 1 aromatic carbocycles. The highest BCUT2D eigenvalue weighted by atomic mass is 16.5. The van der Waals surface area contributed by atoms with Crippen molar-refractivity contribution in [3.8, 4) is 5.75 Å². The summed E-state index contributed by atoms with van der Waals surface area (Å²) in [7, 11) is 7.06. The number of amides is 1. The molecule has 0 aromatic heterocycles. The van der Waals surface area contributed by atoms with E-state index in [4.69, 9.17) is 11.5 Å². The molecular formula is C25H34N4O7. The van der Waals surface area contributed by atoms with Crippen molar-refractivity contribution in [2.75, 3.05) is 28.2 Å². The summed E-state index contributed by atoms with van der Waals surface area (Å²) in [5, 5.41) is 55.3. The Morgan fingerprint density at radius 2 is 1.75 bits per heavy atom. The van der Waals surface area contributed by atoms with Crippen LogP contribution in [-0.4, -0.2) is 87.0 Å². The molecule has 4 atom stereocenters. The lowest BCUT2D eigenvalue weighted by atomic mass is 9.59. The number of aliphatic hydroxyl groups excluding tert-OH is 2. The van der Waals surface area contributed by atoms with Crippen LogP contribution in [0.3, 0.4) is 0 Å². The predicted octanol–water partition coefficient (Wildman–Crippen LogP) is -0.362. The predicted molar refractivity (Wildman–Crippen MR) is 130 cm³/mol. The van der Waals surface area contributed by atoms with Gasteiger partial charge in [-0.15, -0.1) is 0 Å². The lowest BCUT2D eigenvalue weighted by Gasteiger charge is -2.51. The molecule has 196 valence electrons. The fourth-order valence-electron chi connectivity index (χ4n) is 6.41. The summed E-state index contributed by atoms with van der Waals surface area (Å²) in [5.74, 6) is -9.06. The first-order chi connectivity index (χ1) is 16.7. The molecule has 4 rings (SSSR count). The molecule has 0 saturated carbocycles. The zero-order valence-corrected chi connectivity index (χ0v) is 20.8. The summed E-state index contributed by atoms with van der Waals surface area (Å²) < 4.78 is 0. The van der Waals surface area contributed by atoms with Gasteiger partial charge in [0.25, 0.3) is 5.91 Å². The summed E-state index contributed by atoms with van der Waals surface area (Å²) in [6.07, 6.45) is 0.514.